The Morgan fingerprint density at radius 2 is 1.76 bits per heavy atom. The molecule has 5 nitrogen and oxygen atoms in total. The summed E-state index contributed by atoms with van der Waals surface area (Å²) in [6.07, 6.45) is 4.03. The SMILES string of the molecule is CCOC(=O)c1cc(NS(C)=O)cc(C2=C(c3cc(C(C)(C)F)ccc3OCc3ccccc3)CCC2)c1. The first-order chi connectivity index (χ1) is 18.2. The van der Waals surface area contributed by atoms with Crippen LogP contribution >= 0.6 is 0 Å². The zero-order valence-corrected chi connectivity index (χ0v) is 23.1. The van der Waals surface area contributed by atoms with Gasteiger partial charge < -0.3 is 14.2 Å². The number of rotatable bonds is 10. The second-order valence-electron chi connectivity index (χ2n) is 9.84. The number of carbonyl (C=O) groups excluding carboxylic acids is 1. The molecule has 0 fully saturated rings. The Morgan fingerprint density at radius 3 is 2.45 bits per heavy atom. The van der Waals surface area contributed by atoms with Crippen LogP contribution in [0.1, 0.15) is 72.6 Å². The first-order valence-corrected chi connectivity index (χ1v) is 14.4. The summed E-state index contributed by atoms with van der Waals surface area (Å²) < 4.78 is 41.4. The van der Waals surface area contributed by atoms with Crippen molar-refractivity contribution in [2.45, 2.75) is 52.3 Å². The van der Waals surface area contributed by atoms with Gasteiger partial charge in [0.25, 0.3) is 0 Å². The topological polar surface area (TPSA) is 64.6 Å². The van der Waals surface area contributed by atoms with Crippen LogP contribution in [0.25, 0.3) is 11.1 Å². The summed E-state index contributed by atoms with van der Waals surface area (Å²) in [5.41, 5.74) is 4.86. The van der Waals surface area contributed by atoms with Crippen molar-refractivity contribution in [2.75, 3.05) is 17.6 Å². The Labute approximate surface area is 226 Å². The summed E-state index contributed by atoms with van der Waals surface area (Å²) in [4.78, 5) is 12.6. The van der Waals surface area contributed by atoms with E-state index >= 15 is 4.39 Å². The van der Waals surface area contributed by atoms with Crippen LogP contribution < -0.4 is 9.46 Å². The third kappa shape index (κ3) is 6.70. The third-order valence-corrected chi connectivity index (χ3v) is 7.02. The van der Waals surface area contributed by atoms with Crippen LogP contribution in [0.5, 0.6) is 5.75 Å². The van der Waals surface area contributed by atoms with Gasteiger partial charge in [0.05, 0.1) is 12.2 Å². The molecule has 0 bridgehead atoms. The number of alkyl halides is 1. The van der Waals surface area contributed by atoms with Crippen LogP contribution in [0.3, 0.4) is 0 Å². The van der Waals surface area contributed by atoms with Crippen LogP contribution in [-0.2, 0) is 28.0 Å². The van der Waals surface area contributed by atoms with E-state index in [0.29, 0.717) is 29.2 Å². The molecule has 1 aliphatic rings. The van der Waals surface area contributed by atoms with Crippen LogP contribution in [0.4, 0.5) is 10.1 Å². The first kappa shape index (κ1) is 27.6. The highest BCUT2D eigenvalue weighted by Gasteiger charge is 2.26. The van der Waals surface area contributed by atoms with E-state index in [1.165, 1.54) is 6.26 Å². The van der Waals surface area contributed by atoms with E-state index in [4.69, 9.17) is 9.47 Å². The van der Waals surface area contributed by atoms with Gasteiger partial charge >= 0.3 is 5.97 Å². The molecule has 1 aliphatic carbocycles. The quantitative estimate of drug-likeness (QED) is 0.274. The Bertz CT molecular complexity index is 1360. The molecule has 7 heteroatoms. The number of carbonyl (C=O) groups is 1. The molecule has 0 saturated carbocycles. The zero-order valence-electron chi connectivity index (χ0n) is 22.3. The van der Waals surface area contributed by atoms with E-state index < -0.39 is 22.6 Å². The van der Waals surface area contributed by atoms with Gasteiger partial charge in [0.15, 0.2) is 0 Å². The molecule has 0 spiro atoms. The van der Waals surface area contributed by atoms with Crippen molar-refractivity contribution < 1.29 is 22.9 Å². The Hall–Kier alpha value is -3.45. The molecule has 0 heterocycles. The predicted molar refractivity (Wildman–Crippen MR) is 152 cm³/mol. The molecule has 0 radical (unpaired) electrons. The van der Waals surface area contributed by atoms with Crippen molar-refractivity contribution in [3.63, 3.8) is 0 Å². The van der Waals surface area contributed by atoms with Crippen molar-refractivity contribution in [1.29, 1.82) is 0 Å². The number of esters is 1. The van der Waals surface area contributed by atoms with E-state index in [-0.39, 0.29) is 6.61 Å². The maximum absolute atomic E-state index is 15.0. The summed E-state index contributed by atoms with van der Waals surface area (Å²) in [6.45, 7) is 5.51. The standard InChI is InChI=1S/C31H34FNO4S/c1-5-36-30(34)23-16-22(17-25(18-23)33-38(4)35)26-12-9-13-27(26)28-19-24(31(2,3)32)14-15-29(28)37-20-21-10-7-6-8-11-21/h6-8,10-11,14-19,33H,5,9,12-13,20H2,1-4H3. The number of hydrogen-bond donors (Lipinski definition) is 1. The smallest absolute Gasteiger partial charge is 0.338 e. The lowest BCUT2D eigenvalue weighted by Gasteiger charge is -2.20. The van der Waals surface area contributed by atoms with Gasteiger partial charge in [0.2, 0.25) is 0 Å². The lowest BCUT2D eigenvalue weighted by atomic mass is 9.91. The van der Waals surface area contributed by atoms with Crippen LogP contribution in [-0.4, -0.2) is 23.0 Å². The minimum Gasteiger partial charge on any atom is -0.488 e. The fraction of sp³-hybridized carbons (Fsp3) is 0.323. The van der Waals surface area contributed by atoms with Crippen molar-refractivity contribution in [3.05, 3.63) is 94.5 Å². The molecule has 3 aromatic rings. The molecular formula is C31H34FNO4S. The molecule has 1 N–H and O–H groups in total. The number of ether oxygens (including phenoxy) is 2. The zero-order chi connectivity index (χ0) is 27.3. The number of allylic oxidation sites excluding steroid dienone is 2. The molecule has 0 saturated heterocycles. The fourth-order valence-corrected chi connectivity index (χ4v) is 5.17. The number of benzene rings is 3. The Kier molecular flexibility index (Phi) is 8.67. The molecule has 38 heavy (non-hydrogen) atoms. The normalized spacial score (nSPS) is 14.3. The molecule has 3 aromatic carbocycles. The van der Waals surface area contributed by atoms with Gasteiger partial charge in [-0.2, -0.15) is 0 Å². The predicted octanol–water partition coefficient (Wildman–Crippen LogP) is 7.45. The van der Waals surface area contributed by atoms with Crippen molar-refractivity contribution in [2.24, 2.45) is 0 Å². The van der Waals surface area contributed by atoms with Gasteiger partial charge in [-0.3, -0.25) is 0 Å². The maximum atomic E-state index is 15.0. The van der Waals surface area contributed by atoms with Crippen molar-refractivity contribution in [1.82, 2.24) is 0 Å². The minimum atomic E-state index is -1.52. The van der Waals surface area contributed by atoms with E-state index in [2.05, 4.69) is 4.72 Å². The van der Waals surface area contributed by atoms with Crippen LogP contribution in [0.15, 0.2) is 66.7 Å². The van der Waals surface area contributed by atoms with Gasteiger partial charge in [-0.05, 0) is 98.2 Å². The minimum absolute atomic E-state index is 0.257. The largest absolute Gasteiger partial charge is 0.488 e. The summed E-state index contributed by atoms with van der Waals surface area (Å²) >= 11 is 0. The highest BCUT2D eigenvalue weighted by molar-refractivity contribution is 7.85. The number of hydrogen-bond acceptors (Lipinski definition) is 4. The molecule has 4 rings (SSSR count). The van der Waals surface area contributed by atoms with E-state index in [9.17, 15) is 9.00 Å². The van der Waals surface area contributed by atoms with E-state index in [0.717, 1.165) is 47.1 Å². The van der Waals surface area contributed by atoms with Crippen molar-refractivity contribution in [3.8, 4) is 5.75 Å². The summed E-state index contributed by atoms with van der Waals surface area (Å²) in [5.74, 6) is 0.248. The number of anilines is 1. The lowest BCUT2D eigenvalue weighted by molar-refractivity contribution is 0.0526. The Balaban J connectivity index is 1.83. The van der Waals surface area contributed by atoms with Crippen LogP contribution in [0, 0.1) is 0 Å². The lowest BCUT2D eigenvalue weighted by Crippen LogP contribution is -2.10. The summed E-state index contributed by atoms with van der Waals surface area (Å²) in [7, 11) is -1.31. The Morgan fingerprint density at radius 1 is 1.03 bits per heavy atom. The molecular weight excluding hydrogens is 501 g/mol. The monoisotopic (exact) mass is 535 g/mol. The molecule has 0 aliphatic heterocycles. The highest BCUT2D eigenvalue weighted by Crippen LogP contribution is 2.45. The molecule has 0 aromatic heterocycles. The van der Waals surface area contributed by atoms with Gasteiger partial charge in [-0.1, -0.05) is 36.4 Å². The molecule has 0 amide bonds. The highest BCUT2D eigenvalue weighted by atomic mass is 32.2. The molecule has 1 atom stereocenters. The average molecular weight is 536 g/mol. The fourth-order valence-electron chi connectivity index (χ4n) is 4.72. The van der Waals surface area contributed by atoms with Gasteiger partial charge in [0.1, 0.15) is 29.0 Å². The molecule has 1 unspecified atom stereocenters. The maximum Gasteiger partial charge on any atom is 0.338 e. The van der Waals surface area contributed by atoms with Gasteiger partial charge in [-0.25, -0.2) is 13.4 Å². The van der Waals surface area contributed by atoms with Crippen LogP contribution in [0.2, 0.25) is 0 Å². The first-order valence-electron chi connectivity index (χ1n) is 12.8. The summed E-state index contributed by atoms with van der Waals surface area (Å²) in [5, 5.41) is 0. The number of halogens is 1. The van der Waals surface area contributed by atoms with Gasteiger partial charge in [-0.15, -0.1) is 0 Å². The third-order valence-electron chi connectivity index (χ3n) is 6.50. The van der Waals surface area contributed by atoms with E-state index in [1.807, 2.05) is 54.6 Å². The van der Waals surface area contributed by atoms with Gasteiger partial charge in [0, 0.05) is 17.5 Å². The average Bonchev–Trinajstić information content (AvgIpc) is 3.37. The second-order valence-corrected chi connectivity index (χ2v) is 11.0. The molecule has 200 valence electrons. The van der Waals surface area contributed by atoms with E-state index in [1.54, 1.807) is 32.9 Å². The van der Waals surface area contributed by atoms with Crippen molar-refractivity contribution >= 4 is 33.8 Å². The number of nitrogens with one attached hydrogen (secondary N) is 1. The second kappa shape index (κ2) is 11.9. The summed E-state index contributed by atoms with van der Waals surface area (Å²) in [6, 6.07) is 20.8.